The van der Waals surface area contributed by atoms with Crippen LogP contribution in [0.15, 0.2) is 40.9 Å². The first-order valence-electron chi connectivity index (χ1n) is 6.67. The van der Waals surface area contributed by atoms with Crippen LogP contribution in [0.25, 0.3) is 0 Å². The first kappa shape index (κ1) is 17.3. The Balaban J connectivity index is 2.37. The average Bonchev–Trinajstić information content (AvgIpc) is 2.50. The number of hydrogen-bond acceptors (Lipinski definition) is 4. The SMILES string of the molecule is CCOc1ccc(Cl)cc1C(=O)Nc1ccc(Br)cc1C(=O)[O-]. The van der Waals surface area contributed by atoms with Crippen molar-refractivity contribution < 1.29 is 19.4 Å². The van der Waals surface area contributed by atoms with E-state index in [4.69, 9.17) is 16.3 Å². The molecule has 7 heteroatoms. The Bertz CT molecular complexity index is 764. The minimum atomic E-state index is -1.39. The molecule has 2 rings (SSSR count). The van der Waals surface area contributed by atoms with Crippen molar-refractivity contribution >= 4 is 45.1 Å². The van der Waals surface area contributed by atoms with E-state index in [1.54, 1.807) is 25.1 Å². The molecule has 1 amide bonds. The maximum atomic E-state index is 12.4. The molecule has 0 saturated carbocycles. The Morgan fingerprint density at radius 2 is 1.96 bits per heavy atom. The summed E-state index contributed by atoms with van der Waals surface area (Å²) in [5.41, 5.74) is 0.208. The molecule has 2 aromatic carbocycles. The van der Waals surface area contributed by atoms with Gasteiger partial charge in [-0.05, 0) is 43.3 Å². The Labute approximate surface area is 146 Å². The Hall–Kier alpha value is -2.05. The third kappa shape index (κ3) is 4.24. The van der Waals surface area contributed by atoms with Crippen LogP contribution >= 0.6 is 27.5 Å². The van der Waals surface area contributed by atoms with E-state index < -0.39 is 11.9 Å². The topological polar surface area (TPSA) is 78.5 Å². The van der Waals surface area contributed by atoms with Crippen molar-refractivity contribution in [2.45, 2.75) is 6.92 Å². The Morgan fingerprint density at radius 1 is 1.22 bits per heavy atom. The van der Waals surface area contributed by atoms with Crippen molar-refractivity contribution in [2.75, 3.05) is 11.9 Å². The molecule has 0 unspecified atom stereocenters. The summed E-state index contributed by atoms with van der Waals surface area (Å²) >= 11 is 9.10. The van der Waals surface area contributed by atoms with Gasteiger partial charge in [0.15, 0.2) is 0 Å². The van der Waals surface area contributed by atoms with Crippen LogP contribution in [0.2, 0.25) is 5.02 Å². The zero-order chi connectivity index (χ0) is 17.0. The fourth-order valence-electron chi connectivity index (χ4n) is 1.95. The first-order valence-corrected chi connectivity index (χ1v) is 7.84. The summed E-state index contributed by atoms with van der Waals surface area (Å²) < 4.78 is 5.95. The molecule has 0 radical (unpaired) electrons. The molecule has 0 saturated heterocycles. The highest BCUT2D eigenvalue weighted by Crippen LogP contribution is 2.26. The van der Waals surface area contributed by atoms with Gasteiger partial charge in [0.25, 0.3) is 5.91 Å². The number of carboxylic acid groups (broad SMARTS) is 1. The number of nitrogens with one attached hydrogen (secondary N) is 1. The highest BCUT2D eigenvalue weighted by molar-refractivity contribution is 9.10. The van der Waals surface area contributed by atoms with E-state index in [2.05, 4.69) is 21.2 Å². The second kappa shape index (κ2) is 7.48. The van der Waals surface area contributed by atoms with Gasteiger partial charge in [-0.25, -0.2) is 0 Å². The van der Waals surface area contributed by atoms with E-state index in [-0.39, 0.29) is 16.8 Å². The number of carbonyl (C=O) groups is 2. The van der Waals surface area contributed by atoms with Gasteiger partial charge in [0.2, 0.25) is 0 Å². The van der Waals surface area contributed by atoms with E-state index in [1.807, 2.05) is 0 Å². The Kier molecular flexibility index (Phi) is 5.63. The highest BCUT2D eigenvalue weighted by atomic mass is 79.9. The number of amides is 1. The van der Waals surface area contributed by atoms with Crippen LogP contribution < -0.4 is 15.2 Å². The fourth-order valence-corrected chi connectivity index (χ4v) is 2.48. The average molecular weight is 398 g/mol. The van der Waals surface area contributed by atoms with Crippen LogP contribution in [0.3, 0.4) is 0 Å². The van der Waals surface area contributed by atoms with Crippen molar-refractivity contribution in [3.05, 3.63) is 57.0 Å². The van der Waals surface area contributed by atoms with Gasteiger partial charge in [-0.15, -0.1) is 0 Å². The third-order valence-electron chi connectivity index (χ3n) is 2.94. The maximum Gasteiger partial charge on any atom is 0.259 e. The number of rotatable bonds is 5. The number of halogens is 2. The largest absolute Gasteiger partial charge is 0.545 e. The number of hydrogen-bond donors (Lipinski definition) is 1. The first-order chi connectivity index (χ1) is 10.9. The molecule has 0 aliphatic carbocycles. The molecule has 0 spiro atoms. The summed E-state index contributed by atoms with van der Waals surface area (Å²) in [4.78, 5) is 23.6. The molecule has 0 heterocycles. The van der Waals surface area contributed by atoms with Crippen LogP contribution in [0.5, 0.6) is 5.75 Å². The van der Waals surface area contributed by atoms with Gasteiger partial charge in [-0.1, -0.05) is 27.5 Å². The van der Waals surface area contributed by atoms with E-state index in [0.29, 0.717) is 21.9 Å². The van der Waals surface area contributed by atoms with Gasteiger partial charge in [0, 0.05) is 15.1 Å². The van der Waals surface area contributed by atoms with Gasteiger partial charge in [0.1, 0.15) is 5.75 Å². The van der Waals surface area contributed by atoms with Crippen molar-refractivity contribution in [1.82, 2.24) is 0 Å². The number of benzene rings is 2. The van der Waals surface area contributed by atoms with Crippen LogP contribution in [0.4, 0.5) is 5.69 Å². The molecule has 0 aliphatic heterocycles. The van der Waals surface area contributed by atoms with Crippen LogP contribution in [-0.4, -0.2) is 18.5 Å². The standard InChI is InChI=1S/C16H13BrClNO4/c1-2-23-14-6-4-10(18)8-12(14)15(20)19-13-5-3-9(17)7-11(13)16(21)22/h3-8H,2H2,1H3,(H,19,20)(H,21,22)/p-1. The summed E-state index contributed by atoms with van der Waals surface area (Å²) in [6, 6.07) is 9.09. The normalized spacial score (nSPS) is 10.2. The van der Waals surface area contributed by atoms with Gasteiger partial charge in [-0.3, -0.25) is 4.79 Å². The van der Waals surface area contributed by atoms with Crippen LogP contribution in [0, 0.1) is 0 Å². The summed E-state index contributed by atoms with van der Waals surface area (Å²) in [6.45, 7) is 2.17. The summed E-state index contributed by atoms with van der Waals surface area (Å²) in [7, 11) is 0. The van der Waals surface area contributed by atoms with Crippen molar-refractivity contribution in [2.24, 2.45) is 0 Å². The van der Waals surface area contributed by atoms with Crippen molar-refractivity contribution in [1.29, 1.82) is 0 Å². The van der Waals surface area contributed by atoms with Gasteiger partial charge < -0.3 is 20.0 Å². The molecule has 0 bridgehead atoms. The second-order valence-electron chi connectivity index (χ2n) is 4.50. The van der Waals surface area contributed by atoms with E-state index in [1.165, 1.54) is 18.2 Å². The lowest BCUT2D eigenvalue weighted by Gasteiger charge is -2.14. The fraction of sp³-hybridized carbons (Fsp3) is 0.125. The Morgan fingerprint density at radius 3 is 2.61 bits per heavy atom. The zero-order valence-corrected chi connectivity index (χ0v) is 14.4. The molecule has 120 valence electrons. The highest BCUT2D eigenvalue weighted by Gasteiger charge is 2.15. The monoisotopic (exact) mass is 396 g/mol. The summed E-state index contributed by atoms with van der Waals surface area (Å²) in [5.74, 6) is -1.56. The lowest BCUT2D eigenvalue weighted by molar-refractivity contribution is -0.254. The number of anilines is 1. The quantitative estimate of drug-likeness (QED) is 0.841. The molecule has 5 nitrogen and oxygen atoms in total. The van der Waals surface area contributed by atoms with E-state index >= 15 is 0 Å². The minimum Gasteiger partial charge on any atom is -0.545 e. The molecule has 0 atom stereocenters. The lowest BCUT2D eigenvalue weighted by atomic mass is 10.1. The smallest absolute Gasteiger partial charge is 0.259 e. The van der Waals surface area contributed by atoms with Gasteiger partial charge in [0.05, 0.1) is 23.8 Å². The molecule has 0 fully saturated rings. The molecule has 0 aromatic heterocycles. The van der Waals surface area contributed by atoms with Crippen LogP contribution in [-0.2, 0) is 0 Å². The molecule has 23 heavy (non-hydrogen) atoms. The number of ether oxygens (including phenoxy) is 1. The number of carboxylic acids is 1. The molecular weight excluding hydrogens is 386 g/mol. The third-order valence-corrected chi connectivity index (χ3v) is 3.66. The van der Waals surface area contributed by atoms with Gasteiger partial charge >= 0.3 is 0 Å². The van der Waals surface area contributed by atoms with E-state index in [0.717, 1.165) is 0 Å². The zero-order valence-electron chi connectivity index (χ0n) is 12.1. The minimum absolute atomic E-state index is 0.126. The van der Waals surface area contributed by atoms with Gasteiger partial charge in [-0.2, -0.15) is 0 Å². The maximum absolute atomic E-state index is 12.4. The van der Waals surface area contributed by atoms with Crippen LogP contribution in [0.1, 0.15) is 27.6 Å². The summed E-state index contributed by atoms with van der Waals surface area (Å²) in [5, 5.41) is 14.1. The van der Waals surface area contributed by atoms with E-state index in [9.17, 15) is 14.7 Å². The summed E-state index contributed by atoms with van der Waals surface area (Å²) in [6.07, 6.45) is 0. The molecule has 2 aromatic rings. The lowest BCUT2D eigenvalue weighted by Crippen LogP contribution is -2.25. The van der Waals surface area contributed by atoms with Crippen molar-refractivity contribution in [3.8, 4) is 5.75 Å². The predicted molar refractivity (Wildman–Crippen MR) is 89.0 cm³/mol. The molecule has 1 N–H and O–H groups in total. The number of carbonyl (C=O) groups excluding carboxylic acids is 2. The molecular formula is C16H12BrClNO4-. The second-order valence-corrected chi connectivity index (χ2v) is 5.86. The van der Waals surface area contributed by atoms with Crippen molar-refractivity contribution in [3.63, 3.8) is 0 Å². The predicted octanol–water partition coefficient (Wildman–Crippen LogP) is 3.12. The molecule has 0 aliphatic rings. The number of aromatic carboxylic acids is 1.